The molecule has 1 rings (SSSR count). The van der Waals surface area contributed by atoms with Crippen LogP contribution in [0.2, 0.25) is 0 Å². The number of ether oxygens (including phenoxy) is 1. The lowest BCUT2D eigenvalue weighted by atomic mass is 9.80. The SMILES string of the molecule is CCC(CC)(CN)C(=O)N1CCOC(CC(=O)O)C1. The summed E-state index contributed by atoms with van der Waals surface area (Å²) in [5, 5.41) is 8.79. The number of carbonyl (C=O) groups excluding carboxylic acids is 1. The molecule has 0 bridgehead atoms. The Hall–Kier alpha value is -1.14. The second-order valence-corrected chi connectivity index (χ2v) is 5.03. The third kappa shape index (κ3) is 3.67. The fourth-order valence-corrected chi connectivity index (χ4v) is 2.49. The van der Waals surface area contributed by atoms with E-state index in [2.05, 4.69) is 0 Å². The van der Waals surface area contributed by atoms with Crippen LogP contribution in [0.5, 0.6) is 0 Å². The van der Waals surface area contributed by atoms with Crippen molar-refractivity contribution in [2.75, 3.05) is 26.2 Å². The Morgan fingerprint density at radius 3 is 2.53 bits per heavy atom. The molecule has 1 aliphatic heterocycles. The molecule has 0 aromatic carbocycles. The minimum Gasteiger partial charge on any atom is -0.481 e. The van der Waals surface area contributed by atoms with Gasteiger partial charge in [0.1, 0.15) is 0 Å². The van der Waals surface area contributed by atoms with Gasteiger partial charge in [0.25, 0.3) is 0 Å². The number of aliphatic carboxylic acids is 1. The highest BCUT2D eigenvalue weighted by Crippen LogP contribution is 2.28. The summed E-state index contributed by atoms with van der Waals surface area (Å²) in [6.07, 6.45) is 0.899. The molecule has 0 saturated carbocycles. The van der Waals surface area contributed by atoms with Gasteiger partial charge in [-0.15, -0.1) is 0 Å². The molecule has 1 fully saturated rings. The molecule has 19 heavy (non-hydrogen) atoms. The minimum absolute atomic E-state index is 0.0266. The third-order valence-electron chi connectivity index (χ3n) is 4.03. The third-order valence-corrected chi connectivity index (χ3v) is 4.03. The van der Waals surface area contributed by atoms with Gasteiger partial charge in [0, 0.05) is 19.6 Å². The number of nitrogens with two attached hydrogens (primary N) is 1. The Morgan fingerprint density at radius 1 is 1.42 bits per heavy atom. The van der Waals surface area contributed by atoms with Gasteiger partial charge in [0.15, 0.2) is 0 Å². The van der Waals surface area contributed by atoms with Crippen molar-refractivity contribution in [3.05, 3.63) is 0 Å². The Bertz CT molecular complexity index is 320. The average Bonchev–Trinajstić information content (AvgIpc) is 2.40. The van der Waals surface area contributed by atoms with Gasteiger partial charge in [-0.05, 0) is 12.8 Å². The van der Waals surface area contributed by atoms with Gasteiger partial charge in [0.05, 0.1) is 24.5 Å². The highest BCUT2D eigenvalue weighted by atomic mass is 16.5. The first-order valence-electron chi connectivity index (χ1n) is 6.82. The minimum atomic E-state index is -0.907. The molecule has 1 heterocycles. The summed E-state index contributed by atoms with van der Waals surface area (Å²) in [7, 11) is 0. The standard InChI is InChI=1S/C13H24N2O4/c1-3-13(4-2,9-14)12(18)15-5-6-19-10(8-15)7-11(16)17/h10H,3-9,14H2,1-2H3,(H,16,17). The van der Waals surface area contributed by atoms with Crippen LogP contribution in [-0.4, -0.2) is 54.2 Å². The summed E-state index contributed by atoms with van der Waals surface area (Å²) in [6.45, 7) is 5.48. The van der Waals surface area contributed by atoms with Crippen molar-refractivity contribution in [1.82, 2.24) is 4.90 Å². The van der Waals surface area contributed by atoms with E-state index in [9.17, 15) is 9.59 Å². The van der Waals surface area contributed by atoms with Gasteiger partial charge in [-0.3, -0.25) is 9.59 Å². The summed E-state index contributed by atoms with van der Waals surface area (Å²) >= 11 is 0. The Labute approximate surface area is 113 Å². The van der Waals surface area contributed by atoms with Gasteiger partial charge < -0.3 is 20.5 Å². The summed E-state index contributed by atoms with van der Waals surface area (Å²) in [5.74, 6) is -0.881. The fraction of sp³-hybridized carbons (Fsp3) is 0.846. The predicted octanol–water partition coefficient (Wildman–Crippen LogP) is 0.454. The number of hydrogen-bond donors (Lipinski definition) is 2. The van der Waals surface area contributed by atoms with Gasteiger partial charge in [-0.25, -0.2) is 0 Å². The van der Waals surface area contributed by atoms with Crippen molar-refractivity contribution in [2.45, 2.75) is 39.2 Å². The van der Waals surface area contributed by atoms with E-state index in [1.165, 1.54) is 0 Å². The number of amides is 1. The van der Waals surface area contributed by atoms with Crippen LogP contribution < -0.4 is 5.73 Å². The summed E-state index contributed by atoms with van der Waals surface area (Å²) in [5.41, 5.74) is 5.26. The summed E-state index contributed by atoms with van der Waals surface area (Å²) in [6, 6.07) is 0. The molecule has 0 aromatic rings. The zero-order valence-electron chi connectivity index (χ0n) is 11.7. The molecule has 0 aromatic heterocycles. The molecule has 0 aliphatic carbocycles. The topological polar surface area (TPSA) is 92.9 Å². The van der Waals surface area contributed by atoms with Crippen molar-refractivity contribution >= 4 is 11.9 Å². The second kappa shape index (κ2) is 6.86. The van der Waals surface area contributed by atoms with E-state index in [-0.39, 0.29) is 12.3 Å². The Morgan fingerprint density at radius 2 is 2.05 bits per heavy atom. The number of hydrogen-bond acceptors (Lipinski definition) is 4. The number of carboxylic acids is 1. The van der Waals surface area contributed by atoms with Crippen molar-refractivity contribution in [3.63, 3.8) is 0 Å². The number of nitrogens with zero attached hydrogens (tertiary/aromatic N) is 1. The van der Waals surface area contributed by atoms with Gasteiger partial charge in [0.2, 0.25) is 5.91 Å². The average molecular weight is 272 g/mol. The van der Waals surface area contributed by atoms with Crippen LogP contribution in [0.4, 0.5) is 0 Å². The van der Waals surface area contributed by atoms with Crippen molar-refractivity contribution in [2.24, 2.45) is 11.1 Å². The van der Waals surface area contributed by atoms with Crippen molar-refractivity contribution in [3.8, 4) is 0 Å². The molecule has 110 valence electrons. The highest BCUT2D eigenvalue weighted by molar-refractivity contribution is 5.83. The van der Waals surface area contributed by atoms with E-state index in [1.54, 1.807) is 4.90 Å². The van der Waals surface area contributed by atoms with E-state index < -0.39 is 17.5 Å². The molecule has 1 aliphatic rings. The molecular weight excluding hydrogens is 248 g/mol. The van der Waals surface area contributed by atoms with Crippen LogP contribution in [0.25, 0.3) is 0 Å². The second-order valence-electron chi connectivity index (χ2n) is 5.03. The fourth-order valence-electron chi connectivity index (χ4n) is 2.49. The lowest BCUT2D eigenvalue weighted by Crippen LogP contribution is -2.53. The quantitative estimate of drug-likeness (QED) is 0.732. The van der Waals surface area contributed by atoms with Crippen LogP contribution in [-0.2, 0) is 14.3 Å². The number of morpholine rings is 1. The smallest absolute Gasteiger partial charge is 0.306 e. The number of carboxylic acid groups (broad SMARTS) is 1. The zero-order chi connectivity index (χ0) is 14.5. The lowest BCUT2D eigenvalue weighted by molar-refractivity contribution is -0.154. The predicted molar refractivity (Wildman–Crippen MR) is 70.6 cm³/mol. The first-order chi connectivity index (χ1) is 8.99. The maximum absolute atomic E-state index is 12.6. The molecular formula is C13H24N2O4. The number of carbonyl (C=O) groups is 2. The first-order valence-corrected chi connectivity index (χ1v) is 6.82. The highest BCUT2D eigenvalue weighted by Gasteiger charge is 2.38. The molecule has 1 unspecified atom stereocenters. The van der Waals surface area contributed by atoms with E-state index in [1.807, 2.05) is 13.8 Å². The first kappa shape index (κ1) is 15.9. The van der Waals surface area contributed by atoms with E-state index in [0.717, 1.165) is 0 Å². The van der Waals surface area contributed by atoms with Crippen LogP contribution in [0, 0.1) is 5.41 Å². The Kier molecular flexibility index (Phi) is 5.75. The molecule has 1 atom stereocenters. The Balaban J connectivity index is 2.73. The van der Waals surface area contributed by atoms with Crippen LogP contribution >= 0.6 is 0 Å². The maximum atomic E-state index is 12.6. The van der Waals surface area contributed by atoms with E-state index in [0.29, 0.717) is 39.1 Å². The van der Waals surface area contributed by atoms with E-state index >= 15 is 0 Å². The largest absolute Gasteiger partial charge is 0.481 e. The summed E-state index contributed by atoms with van der Waals surface area (Å²) < 4.78 is 5.38. The monoisotopic (exact) mass is 272 g/mol. The molecule has 0 radical (unpaired) electrons. The summed E-state index contributed by atoms with van der Waals surface area (Å²) in [4.78, 5) is 25.0. The molecule has 6 nitrogen and oxygen atoms in total. The van der Waals surface area contributed by atoms with E-state index in [4.69, 9.17) is 15.6 Å². The van der Waals surface area contributed by atoms with Crippen LogP contribution in [0.3, 0.4) is 0 Å². The lowest BCUT2D eigenvalue weighted by Gasteiger charge is -2.39. The van der Waals surface area contributed by atoms with Crippen LogP contribution in [0.1, 0.15) is 33.1 Å². The molecule has 3 N–H and O–H groups in total. The molecule has 1 amide bonds. The molecule has 0 spiro atoms. The van der Waals surface area contributed by atoms with Gasteiger partial charge in [-0.1, -0.05) is 13.8 Å². The van der Waals surface area contributed by atoms with Gasteiger partial charge >= 0.3 is 5.97 Å². The van der Waals surface area contributed by atoms with Crippen molar-refractivity contribution < 1.29 is 19.4 Å². The molecule has 1 saturated heterocycles. The maximum Gasteiger partial charge on any atom is 0.306 e. The zero-order valence-corrected chi connectivity index (χ0v) is 11.7. The number of rotatable bonds is 6. The normalized spacial score (nSPS) is 20.4. The van der Waals surface area contributed by atoms with Crippen LogP contribution in [0.15, 0.2) is 0 Å². The van der Waals surface area contributed by atoms with Crippen molar-refractivity contribution in [1.29, 1.82) is 0 Å². The van der Waals surface area contributed by atoms with Gasteiger partial charge in [-0.2, -0.15) is 0 Å². The molecule has 6 heteroatoms.